The van der Waals surface area contributed by atoms with E-state index in [1.807, 2.05) is 37.3 Å². The van der Waals surface area contributed by atoms with Crippen LogP contribution in [0.25, 0.3) is 0 Å². The monoisotopic (exact) mass is 267 g/mol. The van der Waals surface area contributed by atoms with Crippen LogP contribution in [0.3, 0.4) is 0 Å². The van der Waals surface area contributed by atoms with Crippen molar-refractivity contribution < 1.29 is 5.11 Å². The second-order valence-electron chi connectivity index (χ2n) is 5.87. The van der Waals surface area contributed by atoms with Crippen LogP contribution in [0.2, 0.25) is 0 Å². The first-order valence-electron chi connectivity index (χ1n) is 7.23. The maximum atomic E-state index is 10.5. The Kier molecular flexibility index (Phi) is 3.60. The second kappa shape index (κ2) is 5.39. The van der Waals surface area contributed by atoms with Crippen molar-refractivity contribution in [3.8, 4) is 0 Å². The zero-order chi connectivity index (χ0) is 14.0. The van der Waals surface area contributed by atoms with E-state index in [4.69, 9.17) is 0 Å². The van der Waals surface area contributed by atoms with Crippen LogP contribution in [-0.2, 0) is 12.0 Å². The Hall–Kier alpha value is -1.64. The number of hydrogen-bond acceptors (Lipinski definition) is 2. The third-order valence-electron chi connectivity index (χ3n) is 4.22. The molecular formula is C18H21NO. The van der Waals surface area contributed by atoms with E-state index in [9.17, 15) is 5.11 Å². The van der Waals surface area contributed by atoms with Gasteiger partial charge in [-0.05, 0) is 30.0 Å². The molecule has 20 heavy (non-hydrogen) atoms. The first kappa shape index (κ1) is 13.3. The fraction of sp³-hybridized carbons (Fsp3) is 0.333. The number of fused-ring (bicyclic) bond motifs is 1. The molecule has 104 valence electrons. The lowest BCUT2D eigenvalue weighted by Gasteiger charge is -2.32. The Bertz CT molecular complexity index is 577. The largest absolute Gasteiger partial charge is 0.384 e. The van der Waals surface area contributed by atoms with Gasteiger partial charge in [-0.2, -0.15) is 0 Å². The Morgan fingerprint density at radius 2 is 1.80 bits per heavy atom. The van der Waals surface area contributed by atoms with Gasteiger partial charge in [-0.3, -0.25) is 0 Å². The van der Waals surface area contributed by atoms with Gasteiger partial charge in [-0.15, -0.1) is 0 Å². The Balaban J connectivity index is 1.54. The molecule has 0 bridgehead atoms. The van der Waals surface area contributed by atoms with E-state index < -0.39 is 5.60 Å². The van der Waals surface area contributed by atoms with Gasteiger partial charge in [-0.25, -0.2) is 0 Å². The highest BCUT2D eigenvalue weighted by molar-refractivity contribution is 5.40. The summed E-state index contributed by atoms with van der Waals surface area (Å²) in [6, 6.07) is 18.5. The van der Waals surface area contributed by atoms with Gasteiger partial charge in [0.25, 0.3) is 0 Å². The molecule has 0 radical (unpaired) electrons. The number of benzene rings is 2. The number of nitrogens with one attached hydrogen (secondary N) is 1. The van der Waals surface area contributed by atoms with E-state index in [-0.39, 0.29) is 0 Å². The van der Waals surface area contributed by atoms with Crippen LogP contribution in [0.15, 0.2) is 54.6 Å². The van der Waals surface area contributed by atoms with Crippen molar-refractivity contribution in [1.82, 2.24) is 5.32 Å². The van der Waals surface area contributed by atoms with Crippen LogP contribution < -0.4 is 5.32 Å². The average molecular weight is 267 g/mol. The van der Waals surface area contributed by atoms with Crippen molar-refractivity contribution in [2.75, 3.05) is 13.1 Å². The van der Waals surface area contributed by atoms with Crippen LogP contribution in [0.4, 0.5) is 0 Å². The van der Waals surface area contributed by atoms with E-state index in [0.29, 0.717) is 12.5 Å². The van der Waals surface area contributed by atoms with E-state index in [2.05, 4.69) is 29.6 Å². The third kappa shape index (κ3) is 2.62. The first-order chi connectivity index (χ1) is 9.67. The summed E-state index contributed by atoms with van der Waals surface area (Å²) in [7, 11) is 0. The molecule has 2 atom stereocenters. The predicted molar refractivity (Wildman–Crippen MR) is 81.8 cm³/mol. The third-order valence-corrected chi connectivity index (χ3v) is 4.22. The van der Waals surface area contributed by atoms with Crippen LogP contribution in [-0.4, -0.2) is 18.2 Å². The van der Waals surface area contributed by atoms with E-state index in [1.165, 1.54) is 11.1 Å². The summed E-state index contributed by atoms with van der Waals surface area (Å²) < 4.78 is 0. The predicted octanol–water partition coefficient (Wildman–Crippen LogP) is 2.82. The van der Waals surface area contributed by atoms with E-state index >= 15 is 0 Å². The molecule has 0 aromatic heterocycles. The van der Waals surface area contributed by atoms with Gasteiger partial charge in [0.1, 0.15) is 0 Å². The number of aliphatic hydroxyl groups is 1. The zero-order valence-electron chi connectivity index (χ0n) is 11.8. The molecular weight excluding hydrogens is 246 g/mol. The van der Waals surface area contributed by atoms with E-state index in [0.717, 1.165) is 18.5 Å². The highest BCUT2D eigenvalue weighted by Gasteiger charge is 2.27. The molecule has 2 heteroatoms. The van der Waals surface area contributed by atoms with Crippen LogP contribution in [0, 0.1) is 0 Å². The Morgan fingerprint density at radius 1 is 1.10 bits per heavy atom. The molecule has 2 aromatic carbocycles. The fourth-order valence-electron chi connectivity index (χ4n) is 2.93. The molecule has 0 saturated carbocycles. The number of hydrogen-bond donors (Lipinski definition) is 2. The van der Waals surface area contributed by atoms with Gasteiger partial charge in [0, 0.05) is 19.0 Å². The SMILES string of the molecule is CC(O)(CNCC1Cc2ccccc21)c1ccccc1. The normalized spacial score (nSPS) is 19.8. The van der Waals surface area contributed by atoms with Crippen molar-refractivity contribution in [1.29, 1.82) is 0 Å². The van der Waals surface area contributed by atoms with Gasteiger partial charge < -0.3 is 10.4 Å². The molecule has 1 aliphatic carbocycles. The van der Waals surface area contributed by atoms with Crippen LogP contribution in [0.1, 0.15) is 29.5 Å². The topological polar surface area (TPSA) is 32.3 Å². The molecule has 0 aliphatic heterocycles. The molecule has 0 fully saturated rings. The molecule has 2 aromatic rings. The minimum atomic E-state index is -0.815. The van der Waals surface area contributed by atoms with Crippen molar-refractivity contribution in [3.05, 3.63) is 71.3 Å². The highest BCUT2D eigenvalue weighted by atomic mass is 16.3. The van der Waals surface area contributed by atoms with Crippen molar-refractivity contribution in [2.45, 2.75) is 24.9 Å². The molecule has 2 N–H and O–H groups in total. The van der Waals surface area contributed by atoms with Crippen molar-refractivity contribution in [3.63, 3.8) is 0 Å². The standard InChI is InChI=1S/C18H21NO/c1-18(20,16-8-3-2-4-9-16)13-19-12-15-11-14-7-5-6-10-17(14)15/h2-10,15,19-20H,11-13H2,1H3. The zero-order valence-corrected chi connectivity index (χ0v) is 11.8. The summed E-state index contributed by atoms with van der Waals surface area (Å²) in [5.74, 6) is 0.595. The highest BCUT2D eigenvalue weighted by Crippen LogP contribution is 2.34. The van der Waals surface area contributed by atoms with E-state index in [1.54, 1.807) is 0 Å². The lowest BCUT2D eigenvalue weighted by Crippen LogP contribution is -2.39. The molecule has 3 rings (SSSR count). The molecule has 2 unspecified atom stereocenters. The van der Waals surface area contributed by atoms with Crippen molar-refractivity contribution >= 4 is 0 Å². The summed E-state index contributed by atoms with van der Waals surface area (Å²) in [6.07, 6.45) is 1.15. The van der Waals surface area contributed by atoms with Crippen molar-refractivity contribution in [2.24, 2.45) is 0 Å². The first-order valence-corrected chi connectivity index (χ1v) is 7.23. The molecule has 0 saturated heterocycles. The van der Waals surface area contributed by atoms with Crippen LogP contribution >= 0.6 is 0 Å². The molecule has 0 amide bonds. The lowest BCUT2D eigenvalue weighted by molar-refractivity contribution is 0.0566. The summed E-state index contributed by atoms with van der Waals surface area (Å²) in [5, 5.41) is 13.9. The smallest absolute Gasteiger partial charge is 0.0992 e. The maximum absolute atomic E-state index is 10.5. The van der Waals surface area contributed by atoms with Gasteiger partial charge in [-0.1, -0.05) is 54.6 Å². The minimum Gasteiger partial charge on any atom is -0.384 e. The van der Waals surface area contributed by atoms with Gasteiger partial charge >= 0.3 is 0 Å². The molecule has 0 heterocycles. The minimum absolute atomic E-state index is 0.579. The molecule has 2 nitrogen and oxygen atoms in total. The summed E-state index contributed by atoms with van der Waals surface area (Å²) >= 11 is 0. The average Bonchev–Trinajstić information content (AvgIpc) is 2.45. The molecule has 1 aliphatic rings. The lowest BCUT2D eigenvalue weighted by atomic mass is 9.77. The van der Waals surface area contributed by atoms with Crippen LogP contribution in [0.5, 0.6) is 0 Å². The number of rotatable bonds is 5. The quantitative estimate of drug-likeness (QED) is 0.873. The summed E-state index contributed by atoms with van der Waals surface area (Å²) in [6.45, 7) is 3.37. The van der Waals surface area contributed by atoms with Gasteiger partial charge in [0.15, 0.2) is 0 Å². The maximum Gasteiger partial charge on any atom is 0.0992 e. The summed E-state index contributed by atoms with van der Waals surface area (Å²) in [5.41, 5.74) is 3.07. The van der Waals surface area contributed by atoms with Gasteiger partial charge in [0.05, 0.1) is 5.60 Å². The fourth-order valence-corrected chi connectivity index (χ4v) is 2.93. The van der Waals surface area contributed by atoms with Gasteiger partial charge in [0.2, 0.25) is 0 Å². The Morgan fingerprint density at radius 3 is 2.55 bits per heavy atom. The second-order valence-corrected chi connectivity index (χ2v) is 5.87. The summed E-state index contributed by atoms with van der Waals surface area (Å²) in [4.78, 5) is 0. The molecule has 0 spiro atoms. The Labute approximate surface area is 120 Å².